The van der Waals surface area contributed by atoms with Gasteiger partial charge in [0.2, 0.25) is 0 Å². The lowest BCUT2D eigenvalue weighted by molar-refractivity contribution is 0.244. The molecular formula is C15H22N2O2. The summed E-state index contributed by atoms with van der Waals surface area (Å²) in [6.07, 6.45) is 4.34. The van der Waals surface area contributed by atoms with Crippen LogP contribution in [0.25, 0.3) is 0 Å². The molecule has 0 spiro atoms. The van der Waals surface area contributed by atoms with Gasteiger partial charge in [-0.3, -0.25) is 0 Å². The first-order valence-electron chi connectivity index (χ1n) is 6.46. The molecule has 4 heteroatoms. The van der Waals surface area contributed by atoms with Crippen molar-refractivity contribution in [2.45, 2.75) is 20.3 Å². The summed E-state index contributed by atoms with van der Waals surface area (Å²) < 4.78 is 5.25. The summed E-state index contributed by atoms with van der Waals surface area (Å²) in [5.74, 6) is 1.28. The van der Waals surface area contributed by atoms with E-state index in [1.54, 1.807) is 13.3 Å². The summed E-state index contributed by atoms with van der Waals surface area (Å²) in [5, 5.41) is 5.47. The van der Waals surface area contributed by atoms with Crippen molar-refractivity contribution in [2.75, 3.05) is 13.7 Å². The van der Waals surface area contributed by atoms with Crippen molar-refractivity contribution < 1.29 is 9.53 Å². The maximum absolute atomic E-state index is 11.5. The fourth-order valence-electron chi connectivity index (χ4n) is 1.59. The standard InChI is InChI=1S/C15H22N2O2/c1-12(2)8-10-16-15(18)17-11-9-13-6-4-5-7-14(13)19-3/h4-8,10,12H,9,11H2,1-3H3,(H2,16,17,18)/b10-8+. The van der Waals surface area contributed by atoms with E-state index in [9.17, 15) is 4.79 Å². The first-order chi connectivity index (χ1) is 9.13. The number of allylic oxidation sites excluding steroid dienone is 1. The summed E-state index contributed by atoms with van der Waals surface area (Å²) in [5.41, 5.74) is 1.09. The minimum atomic E-state index is -0.188. The monoisotopic (exact) mass is 262 g/mol. The lowest BCUT2D eigenvalue weighted by Crippen LogP contribution is -2.33. The molecule has 0 saturated carbocycles. The Morgan fingerprint density at radius 3 is 2.79 bits per heavy atom. The van der Waals surface area contributed by atoms with E-state index in [1.165, 1.54) is 0 Å². The predicted molar refractivity (Wildman–Crippen MR) is 77.2 cm³/mol. The molecular weight excluding hydrogens is 240 g/mol. The molecule has 0 heterocycles. The van der Waals surface area contributed by atoms with Crippen LogP contribution in [0.15, 0.2) is 36.5 Å². The Labute approximate surface area is 114 Å². The Balaban J connectivity index is 2.32. The highest BCUT2D eigenvalue weighted by Crippen LogP contribution is 2.17. The van der Waals surface area contributed by atoms with Crippen LogP contribution in [0.5, 0.6) is 5.75 Å². The Morgan fingerprint density at radius 2 is 2.11 bits per heavy atom. The van der Waals surface area contributed by atoms with E-state index in [4.69, 9.17) is 4.74 Å². The SMILES string of the molecule is COc1ccccc1CCNC(=O)N/C=C/C(C)C. The van der Waals surface area contributed by atoms with Gasteiger partial charge in [0.05, 0.1) is 7.11 Å². The third-order valence-electron chi connectivity index (χ3n) is 2.57. The minimum absolute atomic E-state index is 0.188. The largest absolute Gasteiger partial charge is 0.496 e. The van der Waals surface area contributed by atoms with Crippen molar-refractivity contribution in [1.82, 2.24) is 10.6 Å². The predicted octanol–water partition coefficient (Wildman–Crippen LogP) is 2.71. The molecule has 1 aromatic carbocycles. The van der Waals surface area contributed by atoms with E-state index in [0.29, 0.717) is 12.5 Å². The lowest BCUT2D eigenvalue weighted by atomic mass is 10.1. The van der Waals surface area contributed by atoms with Crippen LogP contribution >= 0.6 is 0 Å². The Kier molecular flexibility index (Phi) is 6.50. The molecule has 0 saturated heterocycles. The van der Waals surface area contributed by atoms with E-state index < -0.39 is 0 Å². The number of hydrogen-bond acceptors (Lipinski definition) is 2. The van der Waals surface area contributed by atoms with Crippen LogP contribution in [0.3, 0.4) is 0 Å². The lowest BCUT2D eigenvalue weighted by Gasteiger charge is -2.08. The first-order valence-corrected chi connectivity index (χ1v) is 6.46. The van der Waals surface area contributed by atoms with Gasteiger partial charge in [-0.25, -0.2) is 4.79 Å². The van der Waals surface area contributed by atoms with Gasteiger partial charge in [0.1, 0.15) is 5.75 Å². The smallest absolute Gasteiger partial charge is 0.318 e. The molecule has 0 unspecified atom stereocenters. The average Bonchev–Trinajstić information content (AvgIpc) is 2.39. The molecule has 0 fully saturated rings. The van der Waals surface area contributed by atoms with E-state index in [0.717, 1.165) is 17.7 Å². The van der Waals surface area contributed by atoms with E-state index in [2.05, 4.69) is 24.5 Å². The van der Waals surface area contributed by atoms with Crippen LogP contribution in [0.1, 0.15) is 19.4 Å². The second-order valence-electron chi connectivity index (χ2n) is 4.57. The number of carbonyl (C=O) groups excluding carboxylic acids is 1. The van der Waals surface area contributed by atoms with Crippen LogP contribution in [-0.4, -0.2) is 19.7 Å². The number of amides is 2. The minimum Gasteiger partial charge on any atom is -0.496 e. The van der Waals surface area contributed by atoms with Gasteiger partial charge < -0.3 is 15.4 Å². The molecule has 1 aromatic rings. The van der Waals surface area contributed by atoms with Crippen LogP contribution in [0.2, 0.25) is 0 Å². The Hall–Kier alpha value is -1.97. The number of rotatable bonds is 6. The van der Waals surface area contributed by atoms with Gasteiger partial charge in [-0.05, 0) is 24.0 Å². The molecule has 19 heavy (non-hydrogen) atoms. The zero-order valence-corrected chi connectivity index (χ0v) is 11.8. The summed E-state index contributed by atoms with van der Waals surface area (Å²) in [6, 6.07) is 7.62. The molecule has 0 aliphatic carbocycles. The number of carbonyl (C=O) groups is 1. The molecule has 0 aliphatic heterocycles. The maximum atomic E-state index is 11.5. The van der Waals surface area contributed by atoms with Gasteiger partial charge in [0.25, 0.3) is 0 Å². The van der Waals surface area contributed by atoms with Gasteiger partial charge >= 0.3 is 6.03 Å². The van der Waals surface area contributed by atoms with Crippen molar-refractivity contribution in [3.8, 4) is 5.75 Å². The highest BCUT2D eigenvalue weighted by atomic mass is 16.5. The topological polar surface area (TPSA) is 50.4 Å². The summed E-state index contributed by atoms with van der Waals surface area (Å²) >= 11 is 0. The highest BCUT2D eigenvalue weighted by Gasteiger charge is 2.02. The summed E-state index contributed by atoms with van der Waals surface area (Å²) in [4.78, 5) is 11.5. The second kappa shape index (κ2) is 8.19. The third-order valence-corrected chi connectivity index (χ3v) is 2.57. The summed E-state index contributed by atoms with van der Waals surface area (Å²) in [6.45, 7) is 4.68. The molecule has 4 nitrogen and oxygen atoms in total. The van der Waals surface area contributed by atoms with Gasteiger partial charge in [-0.2, -0.15) is 0 Å². The number of ether oxygens (including phenoxy) is 1. The molecule has 0 aliphatic rings. The maximum Gasteiger partial charge on any atom is 0.318 e. The van der Waals surface area contributed by atoms with Crippen LogP contribution < -0.4 is 15.4 Å². The van der Waals surface area contributed by atoms with Crippen molar-refractivity contribution in [3.05, 3.63) is 42.1 Å². The van der Waals surface area contributed by atoms with E-state index in [-0.39, 0.29) is 6.03 Å². The number of benzene rings is 1. The van der Waals surface area contributed by atoms with Crippen LogP contribution in [-0.2, 0) is 6.42 Å². The van der Waals surface area contributed by atoms with Crippen molar-refractivity contribution in [2.24, 2.45) is 5.92 Å². The molecule has 0 radical (unpaired) electrons. The molecule has 0 aromatic heterocycles. The van der Waals surface area contributed by atoms with Gasteiger partial charge in [0.15, 0.2) is 0 Å². The fourth-order valence-corrected chi connectivity index (χ4v) is 1.59. The molecule has 2 N–H and O–H groups in total. The van der Waals surface area contributed by atoms with Crippen molar-refractivity contribution >= 4 is 6.03 Å². The second-order valence-corrected chi connectivity index (χ2v) is 4.57. The van der Waals surface area contributed by atoms with Gasteiger partial charge in [-0.15, -0.1) is 0 Å². The summed E-state index contributed by atoms with van der Waals surface area (Å²) in [7, 11) is 1.65. The number of para-hydroxylation sites is 1. The fraction of sp³-hybridized carbons (Fsp3) is 0.400. The number of urea groups is 1. The highest BCUT2D eigenvalue weighted by molar-refractivity contribution is 5.74. The first kappa shape index (κ1) is 15.1. The van der Waals surface area contributed by atoms with Crippen LogP contribution in [0.4, 0.5) is 4.79 Å². The molecule has 1 rings (SSSR count). The van der Waals surface area contributed by atoms with Gasteiger partial charge in [-0.1, -0.05) is 38.1 Å². The molecule has 104 valence electrons. The zero-order chi connectivity index (χ0) is 14.1. The van der Waals surface area contributed by atoms with Gasteiger partial charge in [0, 0.05) is 12.7 Å². The van der Waals surface area contributed by atoms with Crippen molar-refractivity contribution in [3.63, 3.8) is 0 Å². The normalized spacial score (nSPS) is 10.7. The Bertz CT molecular complexity index is 428. The average molecular weight is 262 g/mol. The molecule has 2 amide bonds. The number of nitrogens with one attached hydrogen (secondary N) is 2. The van der Waals surface area contributed by atoms with Crippen LogP contribution in [0, 0.1) is 5.92 Å². The number of methoxy groups -OCH3 is 1. The van der Waals surface area contributed by atoms with E-state index in [1.807, 2.05) is 30.3 Å². The van der Waals surface area contributed by atoms with E-state index >= 15 is 0 Å². The Morgan fingerprint density at radius 1 is 1.37 bits per heavy atom. The third kappa shape index (κ3) is 5.95. The zero-order valence-electron chi connectivity index (χ0n) is 11.8. The van der Waals surface area contributed by atoms with Crippen molar-refractivity contribution in [1.29, 1.82) is 0 Å². The molecule has 0 atom stereocenters. The molecule has 0 bridgehead atoms. The quantitative estimate of drug-likeness (QED) is 0.828. The number of hydrogen-bond donors (Lipinski definition) is 2.